The Kier molecular flexibility index (Phi) is 2.79. The molecule has 4 heteroatoms. The van der Waals surface area contributed by atoms with E-state index < -0.39 is 5.60 Å². The van der Waals surface area contributed by atoms with Gasteiger partial charge in [0.05, 0.1) is 5.60 Å². The lowest BCUT2D eigenvalue weighted by atomic mass is 9.92. The Balaban J connectivity index is 1.72. The molecule has 2 aliphatic rings. The number of nitrogens with zero attached hydrogens (tertiary/aromatic N) is 2. The molecular weight excluding hydrogens is 226 g/mol. The maximum absolute atomic E-state index is 10.8. The largest absolute Gasteiger partial charge is 0.388 e. The van der Waals surface area contributed by atoms with Crippen LogP contribution in [-0.2, 0) is 6.42 Å². The number of β-amino-alcohol motifs (C(OH)–C–C–N with tert-alkyl or cyclic N) is 1. The molecule has 1 aliphatic carbocycles. The molecule has 3 rings (SSSR count). The lowest BCUT2D eigenvalue weighted by molar-refractivity contribution is 0.0487. The van der Waals surface area contributed by atoms with Gasteiger partial charge in [-0.25, -0.2) is 4.98 Å². The van der Waals surface area contributed by atoms with Crippen molar-refractivity contribution in [3.8, 4) is 0 Å². The van der Waals surface area contributed by atoms with Crippen molar-refractivity contribution in [1.82, 2.24) is 9.88 Å². The van der Waals surface area contributed by atoms with Crippen LogP contribution in [0.4, 0.5) is 5.82 Å². The van der Waals surface area contributed by atoms with Crippen molar-refractivity contribution >= 4 is 5.82 Å². The fraction of sp³-hybridized carbons (Fsp3) is 0.643. The number of anilines is 1. The zero-order valence-corrected chi connectivity index (χ0v) is 10.8. The maximum Gasteiger partial charge on any atom is 0.123 e. The van der Waals surface area contributed by atoms with Crippen LogP contribution in [0.15, 0.2) is 18.3 Å². The number of pyridine rings is 1. The average Bonchev–Trinajstić information content (AvgIpc) is 3.05. The van der Waals surface area contributed by atoms with Crippen molar-refractivity contribution < 1.29 is 5.11 Å². The summed E-state index contributed by atoms with van der Waals surface area (Å²) < 4.78 is 0. The van der Waals surface area contributed by atoms with Gasteiger partial charge in [0, 0.05) is 31.2 Å². The standard InChI is InChI=1S/C14H21N3O/c1-10-7-14(18,9-17(10)12-2-3-12)8-11-4-5-16-13(15)6-11/h4-6,10,12,18H,2-3,7-9H2,1H3,(H2,15,16). The molecule has 1 aliphatic heterocycles. The molecule has 0 amide bonds. The van der Waals surface area contributed by atoms with Crippen molar-refractivity contribution in [2.24, 2.45) is 0 Å². The summed E-state index contributed by atoms with van der Waals surface area (Å²) in [5.41, 5.74) is 6.16. The number of hydrogen-bond donors (Lipinski definition) is 2. The van der Waals surface area contributed by atoms with E-state index in [2.05, 4.69) is 16.8 Å². The summed E-state index contributed by atoms with van der Waals surface area (Å²) >= 11 is 0. The van der Waals surface area contributed by atoms with E-state index in [1.54, 1.807) is 6.20 Å². The second-order valence-corrected chi connectivity index (χ2v) is 5.95. The number of rotatable bonds is 3. The molecule has 18 heavy (non-hydrogen) atoms. The van der Waals surface area contributed by atoms with Crippen LogP contribution in [0.25, 0.3) is 0 Å². The van der Waals surface area contributed by atoms with Gasteiger partial charge in [-0.3, -0.25) is 4.90 Å². The van der Waals surface area contributed by atoms with Crippen LogP contribution in [0, 0.1) is 0 Å². The predicted octanol–water partition coefficient (Wildman–Crippen LogP) is 1.19. The van der Waals surface area contributed by atoms with Gasteiger partial charge in [-0.1, -0.05) is 0 Å². The third-order valence-electron chi connectivity index (χ3n) is 4.11. The number of hydrogen-bond acceptors (Lipinski definition) is 4. The second-order valence-electron chi connectivity index (χ2n) is 5.95. The first-order valence-corrected chi connectivity index (χ1v) is 6.74. The van der Waals surface area contributed by atoms with Crippen LogP contribution in [0.5, 0.6) is 0 Å². The Morgan fingerprint density at radius 1 is 1.56 bits per heavy atom. The van der Waals surface area contributed by atoms with Gasteiger partial charge in [-0.2, -0.15) is 0 Å². The molecule has 1 saturated carbocycles. The molecule has 0 radical (unpaired) electrons. The molecule has 2 atom stereocenters. The number of likely N-dealkylation sites (tertiary alicyclic amines) is 1. The highest BCUT2D eigenvalue weighted by Crippen LogP contribution is 2.38. The molecule has 98 valence electrons. The highest BCUT2D eigenvalue weighted by Gasteiger charge is 2.45. The topological polar surface area (TPSA) is 62.4 Å². The van der Waals surface area contributed by atoms with Crippen molar-refractivity contribution in [2.75, 3.05) is 12.3 Å². The first-order chi connectivity index (χ1) is 8.56. The maximum atomic E-state index is 10.8. The summed E-state index contributed by atoms with van der Waals surface area (Å²) in [7, 11) is 0. The van der Waals surface area contributed by atoms with E-state index in [-0.39, 0.29) is 0 Å². The first kappa shape index (κ1) is 11.9. The summed E-state index contributed by atoms with van der Waals surface area (Å²) in [6, 6.07) is 5.01. The molecule has 4 nitrogen and oxygen atoms in total. The van der Waals surface area contributed by atoms with Gasteiger partial charge in [-0.15, -0.1) is 0 Å². The van der Waals surface area contributed by atoms with Crippen molar-refractivity contribution in [3.05, 3.63) is 23.9 Å². The van der Waals surface area contributed by atoms with Crippen LogP contribution >= 0.6 is 0 Å². The van der Waals surface area contributed by atoms with Gasteiger partial charge in [0.25, 0.3) is 0 Å². The summed E-state index contributed by atoms with van der Waals surface area (Å²) in [5.74, 6) is 0.529. The first-order valence-electron chi connectivity index (χ1n) is 6.74. The third-order valence-corrected chi connectivity index (χ3v) is 4.11. The van der Waals surface area contributed by atoms with Crippen LogP contribution in [-0.4, -0.2) is 39.2 Å². The molecule has 0 spiro atoms. The van der Waals surface area contributed by atoms with Gasteiger partial charge in [0.15, 0.2) is 0 Å². The fourth-order valence-corrected chi connectivity index (χ4v) is 3.23. The van der Waals surface area contributed by atoms with E-state index >= 15 is 0 Å². The van der Waals surface area contributed by atoms with Gasteiger partial charge in [0.1, 0.15) is 5.82 Å². The Morgan fingerprint density at radius 2 is 2.33 bits per heavy atom. The summed E-state index contributed by atoms with van der Waals surface area (Å²) in [6.45, 7) is 3.01. The van der Waals surface area contributed by atoms with Crippen LogP contribution in [0.1, 0.15) is 31.7 Å². The SMILES string of the molecule is CC1CC(O)(Cc2ccnc(N)c2)CN1C1CC1. The van der Waals surface area contributed by atoms with Crippen molar-refractivity contribution in [1.29, 1.82) is 0 Å². The molecule has 2 unspecified atom stereocenters. The van der Waals surface area contributed by atoms with Crippen molar-refractivity contribution in [2.45, 2.75) is 50.3 Å². The van der Waals surface area contributed by atoms with Gasteiger partial charge in [-0.05, 0) is 43.9 Å². The zero-order valence-electron chi connectivity index (χ0n) is 10.8. The molecular formula is C14H21N3O. The minimum atomic E-state index is -0.601. The smallest absolute Gasteiger partial charge is 0.123 e. The Hall–Kier alpha value is -1.13. The van der Waals surface area contributed by atoms with E-state index in [9.17, 15) is 5.11 Å². The summed E-state index contributed by atoms with van der Waals surface area (Å²) in [6.07, 6.45) is 5.83. The lowest BCUT2D eigenvalue weighted by Gasteiger charge is -2.23. The average molecular weight is 247 g/mol. The Bertz CT molecular complexity index is 446. The van der Waals surface area contributed by atoms with Gasteiger partial charge in [0.2, 0.25) is 0 Å². The van der Waals surface area contributed by atoms with Crippen molar-refractivity contribution in [3.63, 3.8) is 0 Å². The number of aromatic nitrogens is 1. The van der Waals surface area contributed by atoms with E-state index in [0.29, 0.717) is 18.3 Å². The minimum Gasteiger partial charge on any atom is -0.388 e. The van der Waals surface area contributed by atoms with E-state index in [4.69, 9.17) is 5.73 Å². The number of nitrogen functional groups attached to an aromatic ring is 1. The normalized spacial score (nSPS) is 32.9. The summed E-state index contributed by atoms with van der Waals surface area (Å²) in [4.78, 5) is 6.45. The molecule has 2 fully saturated rings. The zero-order chi connectivity index (χ0) is 12.8. The number of aliphatic hydroxyl groups is 1. The van der Waals surface area contributed by atoms with Gasteiger partial charge < -0.3 is 10.8 Å². The molecule has 3 N–H and O–H groups in total. The fourth-order valence-electron chi connectivity index (χ4n) is 3.23. The minimum absolute atomic E-state index is 0.488. The summed E-state index contributed by atoms with van der Waals surface area (Å²) in [5, 5.41) is 10.8. The Morgan fingerprint density at radius 3 is 3.00 bits per heavy atom. The highest BCUT2D eigenvalue weighted by atomic mass is 16.3. The molecule has 2 heterocycles. The van der Waals surface area contributed by atoms with Crippen LogP contribution in [0.3, 0.4) is 0 Å². The molecule has 0 aromatic carbocycles. The Labute approximate surface area is 108 Å². The third kappa shape index (κ3) is 2.35. The molecule has 1 aromatic heterocycles. The molecule has 1 saturated heterocycles. The number of nitrogens with two attached hydrogens (primary N) is 1. The highest BCUT2D eigenvalue weighted by molar-refractivity contribution is 5.32. The molecule has 1 aromatic rings. The quantitative estimate of drug-likeness (QED) is 0.842. The predicted molar refractivity (Wildman–Crippen MR) is 71.1 cm³/mol. The monoisotopic (exact) mass is 247 g/mol. The lowest BCUT2D eigenvalue weighted by Crippen LogP contribution is -2.36. The van der Waals surface area contributed by atoms with Gasteiger partial charge >= 0.3 is 0 Å². The van der Waals surface area contributed by atoms with Crippen LogP contribution < -0.4 is 5.73 Å². The second kappa shape index (κ2) is 4.21. The molecule has 0 bridgehead atoms. The van der Waals surface area contributed by atoms with Crippen LogP contribution in [0.2, 0.25) is 0 Å². The van der Waals surface area contributed by atoms with E-state index in [1.165, 1.54) is 12.8 Å². The van der Waals surface area contributed by atoms with E-state index in [1.807, 2.05) is 12.1 Å². The van der Waals surface area contributed by atoms with E-state index in [0.717, 1.165) is 24.6 Å².